The smallest absolute Gasteiger partial charge is 0.241 e. The van der Waals surface area contributed by atoms with Crippen LogP contribution in [-0.2, 0) is 6.54 Å². The first kappa shape index (κ1) is 19.3. The first-order valence-electron chi connectivity index (χ1n) is 9.76. The maximum atomic E-state index is 5.49. The predicted molar refractivity (Wildman–Crippen MR) is 112 cm³/mol. The molecule has 0 spiro atoms. The van der Waals surface area contributed by atoms with Gasteiger partial charge in [0.2, 0.25) is 11.7 Å². The fraction of sp³-hybridized carbons (Fsp3) is 0.364. The number of nitrogens with zero attached hydrogens (tertiary/aromatic N) is 4. The van der Waals surface area contributed by atoms with Gasteiger partial charge < -0.3 is 18.9 Å². The highest BCUT2D eigenvalue weighted by Gasteiger charge is 2.20. The normalized spacial score (nSPS) is 14.8. The molecule has 29 heavy (non-hydrogen) atoms. The van der Waals surface area contributed by atoms with E-state index in [1.54, 1.807) is 14.2 Å². The molecule has 7 nitrogen and oxygen atoms in total. The fourth-order valence-electron chi connectivity index (χ4n) is 3.67. The van der Waals surface area contributed by atoms with Crippen LogP contribution in [0.1, 0.15) is 11.5 Å². The topological polar surface area (TPSA) is 63.9 Å². The molecular weight excluding hydrogens is 368 g/mol. The molecule has 152 valence electrons. The van der Waals surface area contributed by atoms with Crippen molar-refractivity contribution >= 4 is 5.69 Å². The Morgan fingerprint density at radius 3 is 2.45 bits per heavy atom. The lowest BCUT2D eigenvalue weighted by atomic mass is 10.1. The summed E-state index contributed by atoms with van der Waals surface area (Å²) < 4.78 is 16.1. The van der Waals surface area contributed by atoms with Crippen LogP contribution >= 0.6 is 0 Å². The molecule has 0 N–H and O–H groups in total. The molecule has 0 radical (unpaired) electrons. The second-order valence-electron chi connectivity index (χ2n) is 7.13. The summed E-state index contributed by atoms with van der Waals surface area (Å²) >= 11 is 0. The lowest BCUT2D eigenvalue weighted by Gasteiger charge is -2.36. The molecule has 0 atom stereocenters. The van der Waals surface area contributed by atoms with Crippen molar-refractivity contribution in [2.45, 2.75) is 13.5 Å². The Bertz CT molecular complexity index is 964. The van der Waals surface area contributed by atoms with Gasteiger partial charge >= 0.3 is 0 Å². The average Bonchev–Trinajstić information content (AvgIpc) is 3.23. The highest BCUT2D eigenvalue weighted by atomic mass is 16.5. The summed E-state index contributed by atoms with van der Waals surface area (Å²) in [5.74, 6) is 2.49. The summed E-state index contributed by atoms with van der Waals surface area (Å²) in [5, 5.41) is 4.14. The quantitative estimate of drug-likeness (QED) is 0.635. The number of methoxy groups -OCH3 is 2. The van der Waals surface area contributed by atoms with E-state index in [1.807, 2.05) is 18.2 Å². The van der Waals surface area contributed by atoms with Crippen LogP contribution in [0.15, 0.2) is 47.0 Å². The Morgan fingerprint density at radius 2 is 1.72 bits per heavy atom. The van der Waals surface area contributed by atoms with E-state index in [-0.39, 0.29) is 0 Å². The molecule has 3 aromatic rings. The number of anilines is 1. The van der Waals surface area contributed by atoms with E-state index in [4.69, 9.17) is 14.0 Å². The first-order chi connectivity index (χ1) is 14.2. The van der Waals surface area contributed by atoms with Gasteiger partial charge in [-0.1, -0.05) is 23.4 Å². The van der Waals surface area contributed by atoms with Gasteiger partial charge in [0.15, 0.2) is 11.5 Å². The number of hydrogen-bond donors (Lipinski definition) is 0. The summed E-state index contributed by atoms with van der Waals surface area (Å²) in [6.45, 7) is 6.71. The van der Waals surface area contributed by atoms with Crippen LogP contribution in [-0.4, -0.2) is 55.4 Å². The highest BCUT2D eigenvalue weighted by Crippen LogP contribution is 2.31. The summed E-state index contributed by atoms with van der Waals surface area (Å²) in [4.78, 5) is 9.35. The van der Waals surface area contributed by atoms with Crippen molar-refractivity contribution in [3.05, 3.63) is 53.9 Å². The second kappa shape index (κ2) is 8.53. The predicted octanol–water partition coefficient (Wildman–Crippen LogP) is 3.38. The van der Waals surface area contributed by atoms with E-state index in [2.05, 4.69) is 51.1 Å². The van der Waals surface area contributed by atoms with Crippen molar-refractivity contribution in [3.8, 4) is 22.9 Å². The molecular formula is C22H26N4O3. The molecule has 1 aliphatic rings. The van der Waals surface area contributed by atoms with Gasteiger partial charge in [0.05, 0.1) is 20.8 Å². The van der Waals surface area contributed by atoms with Gasteiger partial charge in [-0.05, 0) is 36.8 Å². The molecule has 0 unspecified atom stereocenters. The van der Waals surface area contributed by atoms with Crippen LogP contribution in [0.5, 0.6) is 11.5 Å². The van der Waals surface area contributed by atoms with Crippen LogP contribution in [0.4, 0.5) is 5.69 Å². The van der Waals surface area contributed by atoms with E-state index in [9.17, 15) is 0 Å². The van der Waals surface area contributed by atoms with Crippen molar-refractivity contribution in [2.24, 2.45) is 0 Å². The highest BCUT2D eigenvalue weighted by molar-refractivity contribution is 5.60. The summed E-state index contributed by atoms with van der Waals surface area (Å²) in [5.41, 5.74) is 3.47. The van der Waals surface area contributed by atoms with Crippen LogP contribution in [0, 0.1) is 6.92 Å². The van der Waals surface area contributed by atoms with Crippen LogP contribution in [0.25, 0.3) is 11.4 Å². The van der Waals surface area contributed by atoms with Gasteiger partial charge in [-0.25, -0.2) is 0 Å². The molecule has 2 heterocycles. The van der Waals surface area contributed by atoms with Crippen molar-refractivity contribution in [2.75, 3.05) is 45.3 Å². The van der Waals surface area contributed by atoms with Crippen molar-refractivity contribution in [1.29, 1.82) is 0 Å². The Kier molecular flexibility index (Phi) is 5.67. The van der Waals surface area contributed by atoms with E-state index >= 15 is 0 Å². The number of piperazine rings is 1. The summed E-state index contributed by atoms with van der Waals surface area (Å²) in [7, 11) is 3.22. The number of ether oxygens (including phenoxy) is 2. The van der Waals surface area contributed by atoms with E-state index < -0.39 is 0 Å². The lowest BCUT2D eigenvalue weighted by molar-refractivity contribution is 0.215. The standard InChI is InChI=1S/C22H26N4O3/c1-16-6-4-5-7-18(16)26-12-10-25(11-13-26)15-21-23-22(24-29-21)17-8-9-19(27-2)20(14-17)28-3/h4-9,14H,10-13,15H2,1-3H3. The number of benzene rings is 2. The number of para-hydroxylation sites is 1. The lowest BCUT2D eigenvalue weighted by Crippen LogP contribution is -2.46. The summed E-state index contributed by atoms with van der Waals surface area (Å²) in [6, 6.07) is 14.1. The van der Waals surface area contributed by atoms with Gasteiger partial charge in [-0.15, -0.1) is 0 Å². The number of aromatic nitrogens is 2. The molecule has 4 rings (SSSR count). The largest absolute Gasteiger partial charge is 0.493 e. The van der Waals surface area contributed by atoms with E-state index in [1.165, 1.54) is 11.3 Å². The van der Waals surface area contributed by atoms with Crippen molar-refractivity contribution in [3.63, 3.8) is 0 Å². The zero-order valence-corrected chi connectivity index (χ0v) is 17.1. The van der Waals surface area contributed by atoms with Gasteiger partial charge in [-0.3, -0.25) is 4.90 Å². The number of rotatable bonds is 6. The molecule has 0 bridgehead atoms. The summed E-state index contributed by atoms with van der Waals surface area (Å²) in [6.07, 6.45) is 0. The third-order valence-corrected chi connectivity index (χ3v) is 5.30. The van der Waals surface area contributed by atoms with Gasteiger partial charge in [0.1, 0.15) is 0 Å². The Balaban J connectivity index is 1.38. The minimum atomic E-state index is 0.555. The number of hydrogen-bond acceptors (Lipinski definition) is 7. The molecule has 0 saturated carbocycles. The minimum Gasteiger partial charge on any atom is -0.493 e. The zero-order valence-electron chi connectivity index (χ0n) is 17.1. The Morgan fingerprint density at radius 1 is 0.966 bits per heavy atom. The van der Waals surface area contributed by atoms with Crippen LogP contribution in [0.3, 0.4) is 0 Å². The van der Waals surface area contributed by atoms with Crippen molar-refractivity contribution < 1.29 is 14.0 Å². The number of aryl methyl sites for hydroxylation is 1. The van der Waals surface area contributed by atoms with Crippen LogP contribution in [0.2, 0.25) is 0 Å². The third-order valence-electron chi connectivity index (χ3n) is 5.30. The molecule has 1 saturated heterocycles. The molecule has 2 aromatic carbocycles. The van der Waals surface area contributed by atoms with Gasteiger partial charge in [0.25, 0.3) is 0 Å². The SMILES string of the molecule is COc1ccc(-c2noc(CN3CCN(c4ccccc4C)CC3)n2)cc1OC. The van der Waals surface area contributed by atoms with Crippen LogP contribution < -0.4 is 14.4 Å². The monoisotopic (exact) mass is 394 g/mol. The maximum Gasteiger partial charge on any atom is 0.241 e. The van der Waals surface area contributed by atoms with E-state index in [0.29, 0.717) is 29.8 Å². The average molecular weight is 394 g/mol. The first-order valence-corrected chi connectivity index (χ1v) is 9.76. The van der Waals surface area contributed by atoms with Gasteiger partial charge in [0, 0.05) is 37.4 Å². The maximum absolute atomic E-state index is 5.49. The van der Waals surface area contributed by atoms with Crippen molar-refractivity contribution in [1.82, 2.24) is 15.0 Å². The molecule has 0 aliphatic carbocycles. The molecule has 7 heteroatoms. The molecule has 1 aliphatic heterocycles. The third kappa shape index (κ3) is 4.19. The molecule has 0 amide bonds. The minimum absolute atomic E-state index is 0.555. The molecule has 1 aromatic heterocycles. The second-order valence-corrected chi connectivity index (χ2v) is 7.13. The van der Waals surface area contributed by atoms with Gasteiger partial charge in [-0.2, -0.15) is 4.98 Å². The fourth-order valence-corrected chi connectivity index (χ4v) is 3.67. The Hall–Kier alpha value is -3.06. The Labute approximate surface area is 170 Å². The molecule has 1 fully saturated rings. The van der Waals surface area contributed by atoms with E-state index in [0.717, 1.165) is 31.7 Å². The zero-order chi connectivity index (χ0) is 20.2.